The molecule has 4 rings (SSSR count). The Bertz CT molecular complexity index is 987. The van der Waals surface area contributed by atoms with Crippen molar-refractivity contribution in [2.75, 3.05) is 11.9 Å². The molecule has 150 valence electrons. The van der Waals surface area contributed by atoms with Gasteiger partial charge in [-0.05, 0) is 48.9 Å². The number of nitrogens with one attached hydrogen (secondary N) is 1. The van der Waals surface area contributed by atoms with Crippen LogP contribution in [-0.2, 0) is 17.8 Å². The Morgan fingerprint density at radius 3 is 2.72 bits per heavy atom. The zero-order chi connectivity index (χ0) is 20.2. The number of hydrogen-bond acceptors (Lipinski definition) is 4. The molecular weight excluding hydrogens is 368 g/mol. The van der Waals surface area contributed by atoms with E-state index >= 15 is 0 Å². The maximum Gasteiger partial charge on any atom is 0.289 e. The first-order valence-electron chi connectivity index (χ1n) is 9.98. The molecule has 1 aliphatic heterocycles. The van der Waals surface area contributed by atoms with Crippen LogP contribution in [0.15, 0.2) is 57.6 Å². The number of hydrogen-bond donors (Lipinski definition) is 1. The van der Waals surface area contributed by atoms with Crippen LogP contribution in [0.3, 0.4) is 0 Å². The number of nitrogens with zero attached hydrogens (tertiary/aromatic N) is 1. The third-order valence-corrected chi connectivity index (χ3v) is 5.10. The molecule has 1 aliphatic rings. The quantitative estimate of drug-likeness (QED) is 0.649. The van der Waals surface area contributed by atoms with E-state index in [9.17, 15) is 9.59 Å². The smallest absolute Gasteiger partial charge is 0.289 e. The highest BCUT2D eigenvalue weighted by Crippen LogP contribution is 2.30. The molecule has 0 saturated heterocycles. The van der Waals surface area contributed by atoms with Crippen molar-refractivity contribution >= 4 is 17.5 Å². The summed E-state index contributed by atoms with van der Waals surface area (Å²) in [7, 11) is 0. The summed E-state index contributed by atoms with van der Waals surface area (Å²) in [6.07, 6.45) is 4.61. The van der Waals surface area contributed by atoms with Gasteiger partial charge in [0.15, 0.2) is 5.76 Å². The standard InChI is InChI=1S/C23H24N2O4/c1-2-3-6-22(26)24-18-9-7-16(8-10-18)21-14-17-15-25(12-11-19(17)29-21)23(27)20-5-4-13-28-20/h4-5,7-10,13-14H,2-3,6,11-12,15H2,1H3,(H,24,26). The van der Waals surface area contributed by atoms with Crippen LogP contribution in [0, 0.1) is 0 Å². The summed E-state index contributed by atoms with van der Waals surface area (Å²) in [5, 5.41) is 2.91. The van der Waals surface area contributed by atoms with E-state index in [-0.39, 0.29) is 11.8 Å². The van der Waals surface area contributed by atoms with E-state index in [1.807, 2.05) is 30.3 Å². The Labute approximate surface area is 169 Å². The van der Waals surface area contributed by atoms with Gasteiger partial charge in [0.05, 0.1) is 6.26 Å². The molecule has 0 unspecified atom stereocenters. The average Bonchev–Trinajstić information content (AvgIpc) is 3.41. The predicted octanol–water partition coefficient (Wildman–Crippen LogP) is 4.87. The number of carbonyl (C=O) groups excluding carboxylic acids is 2. The van der Waals surface area contributed by atoms with Crippen LogP contribution in [0.1, 0.15) is 48.1 Å². The molecule has 0 spiro atoms. The third-order valence-electron chi connectivity index (χ3n) is 5.10. The van der Waals surface area contributed by atoms with Gasteiger partial charge in [0.1, 0.15) is 11.5 Å². The Kier molecular flexibility index (Phi) is 5.51. The molecule has 6 heteroatoms. The monoisotopic (exact) mass is 392 g/mol. The van der Waals surface area contributed by atoms with Gasteiger partial charge in [-0.25, -0.2) is 0 Å². The van der Waals surface area contributed by atoms with Gasteiger partial charge in [0.25, 0.3) is 5.91 Å². The van der Waals surface area contributed by atoms with E-state index in [0.29, 0.717) is 31.7 Å². The highest BCUT2D eigenvalue weighted by atomic mass is 16.3. The molecule has 0 aliphatic carbocycles. The first-order valence-corrected chi connectivity index (χ1v) is 9.98. The molecule has 1 aromatic carbocycles. The summed E-state index contributed by atoms with van der Waals surface area (Å²) in [6.45, 7) is 3.17. The molecular formula is C23H24N2O4. The molecule has 0 atom stereocenters. The van der Waals surface area contributed by atoms with Crippen LogP contribution in [0.5, 0.6) is 0 Å². The predicted molar refractivity (Wildman–Crippen MR) is 109 cm³/mol. The molecule has 3 heterocycles. The summed E-state index contributed by atoms with van der Waals surface area (Å²) in [4.78, 5) is 26.1. The SMILES string of the molecule is CCCCC(=O)Nc1ccc(-c2cc3c(o2)CCN(C(=O)c2ccco2)C3)cc1. The van der Waals surface area contributed by atoms with Gasteiger partial charge in [0.2, 0.25) is 5.91 Å². The van der Waals surface area contributed by atoms with E-state index in [1.54, 1.807) is 17.0 Å². The Hall–Kier alpha value is -3.28. The molecule has 2 amide bonds. The Morgan fingerprint density at radius 1 is 1.17 bits per heavy atom. The van der Waals surface area contributed by atoms with Crippen molar-refractivity contribution in [3.8, 4) is 11.3 Å². The van der Waals surface area contributed by atoms with Crippen molar-refractivity contribution in [1.29, 1.82) is 0 Å². The number of carbonyl (C=O) groups is 2. The lowest BCUT2D eigenvalue weighted by atomic mass is 10.1. The van der Waals surface area contributed by atoms with E-state index in [2.05, 4.69) is 12.2 Å². The summed E-state index contributed by atoms with van der Waals surface area (Å²) in [5.41, 5.74) is 2.74. The number of fused-ring (bicyclic) bond motifs is 1. The molecule has 0 bridgehead atoms. The molecule has 0 saturated carbocycles. The highest BCUT2D eigenvalue weighted by molar-refractivity contribution is 5.92. The number of furan rings is 2. The first kappa shape index (κ1) is 19.1. The Morgan fingerprint density at radius 2 is 2.00 bits per heavy atom. The lowest BCUT2D eigenvalue weighted by Gasteiger charge is -2.25. The Balaban J connectivity index is 1.44. The summed E-state index contributed by atoms with van der Waals surface area (Å²) in [5.74, 6) is 1.97. The van der Waals surface area contributed by atoms with Gasteiger partial charge in [-0.1, -0.05) is 13.3 Å². The zero-order valence-corrected chi connectivity index (χ0v) is 16.4. The fraction of sp³-hybridized carbons (Fsp3) is 0.304. The molecule has 0 fully saturated rings. The minimum absolute atomic E-state index is 0.0365. The van der Waals surface area contributed by atoms with Crippen LogP contribution >= 0.6 is 0 Å². The summed E-state index contributed by atoms with van der Waals surface area (Å²) < 4.78 is 11.3. The average molecular weight is 392 g/mol. The number of anilines is 1. The molecule has 29 heavy (non-hydrogen) atoms. The zero-order valence-electron chi connectivity index (χ0n) is 16.4. The second kappa shape index (κ2) is 8.39. The van der Waals surface area contributed by atoms with E-state index < -0.39 is 0 Å². The largest absolute Gasteiger partial charge is 0.461 e. The van der Waals surface area contributed by atoms with Crippen LogP contribution in [0.4, 0.5) is 5.69 Å². The van der Waals surface area contributed by atoms with Crippen molar-refractivity contribution < 1.29 is 18.4 Å². The number of rotatable bonds is 6. The molecule has 1 N–H and O–H groups in total. The fourth-order valence-electron chi connectivity index (χ4n) is 3.48. The second-order valence-corrected chi connectivity index (χ2v) is 7.24. The van der Waals surface area contributed by atoms with E-state index in [0.717, 1.165) is 41.2 Å². The number of benzene rings is 1. The van der Waals surface area contributed by atoms with Crippen molar-refractivity contribution in [3.63, 3.8) is 0 Å². The van der Waals surface area contributed by atoms with Crippen LogP contribution in [0.25, 0.3) is 11.3 Å². The highest BCUT2D eigenvalue weighted by Gasteiger charge is 2.26. The van der Waals surface area contributed by atoms with E-state index in [1.165, 1.54) is 6.26 Å². The molecule has 3 aromatic rings. The normalized spacial score (nSPS) is 13.2. The maximum absolute atomic E-state index is 12.5. The van der Waals surface area contributed by atoms with Gasteiger partial charge < -0.3 is 19.1 Å². The van der Waals surface area contributed by atoms with Crippen molar-refractivity contribution in [2.45, 2.75) is 39.2 Å². The van der Waals surface area contributed by atoms with Gasteiger partial charge in [-0.15, -0.1) is 0 Å². The summed E-state index contributed by atoms with van der Waals surface area (Å²) in [6, 6.07) is 13.0. The maximum atomic E-state index is 12.5. The number of amides is 2. The third kappa shape index (κ3) is 4.26. The van der Waals surface area contributed by atoms with Crippen molar-refractivity contribution in [2.24, 2.45) is 0 Å². The van der Waals surface area contributed by atoms with Crippen LogP contribution in [-0.4, -0.2) is 23.3 Å². The molecule has 0 radical (unpaired) electrons. The van der Waals surface area contributed by atoms with Crippen LogP contribution in [0.2, 0.25) is 0 Å². The molecule has 6 nitrogen and oxygen atoms in total. The van der Waals surface area contributed by atoms with Gasteiger partial charge in [-0.2, -0.15) is 0 Å². The topological polar surface area (TPSA) is 75.7 Å². The molecule has 2 aromatic heterocycles. The summed E-state index contributed by atoms with van der Waals surface area (Å²) >= 11 is 0. The van der Waals surface area contributed by atoms with Gasteiger partial charge in [-0.3, -0.25) is 9.59 Å². The minimum atomic E-state index is -0.105. The van der Waals surface area contributed by atoms with Crippen molar-refractivity contribution in [1.82, 2.24) is 4.90 Å². The fourth-order valence-corrected chi connectivity index (χ4v) is 3.48. The van der Waals surface area contributed by atoms with Gasteiger partial charge >= 0.3 is 0 Å². The van der Waals surface area contributed by atoms with Crippen LogP contribution < -0.4 is 5.32 Å². The minimum Gasteiger partial charge on any atom is -0.461 e. The van der Waals surface area contributed by atoms with Crippen molar-refractivity contribution in [3.05, 3.63) is 65.8 Å². The lowest BCUT2D eigenvalue weighted by Crippen LogP contribution is -2.35. The number of unbranched alkanes of at least 4 members (excludes halogenated alkanes) is 1. The second-order valence-electron chi connectivity index (χ2n) is 7.24. The van der Waals surface area contributed by atoms with E-state index in [4.69, 9.17) is 8.83 Å². The first-order chi connectivity index (χ1) is 14.1. The lowest BCUT2D eigenvalue weighted by molar-refractivity contribution is -0.116. The van der Waals surface area contributed by atoms with Gasteiger partial charge in [0, 0.05) is 42.7 Å².